The average molecular weight is 252 g/mol. The Morgan fingerprint density at radius 3 is 2.94 bits per heavy atom. The molecule has 18 heavy (non-hydrogen) atoms. The van der Waals surface area contributed by atoms with Crippen LogP contribution in [0, 0.1) is 6.92 Å². The maximum atomic E-state index is 4.81. The van der Waals surface area contributed by atoms with Gasteiger partial charge in [0.15, 0.2) is 0 Å². The Morgan fingerprint density at radius 2 is 2.00 bits per heavy atom. The van der Waals surface area contributed by atoms with Crippen LogP contribution in [0.4, 0.5) is 0 Å². The van der Waals surface area contributed by atoms with Gasteiger partial charge in [0.1, 0.15) is 5.65 Å². The molecule has 88 valence electrons. The maximum Gasteiger partial charge on any atom is 0.137 e. The number of hydrogen-bond acceptors (Lipinski definition) is 2. The lowest BCUT2D eigenvalue weighted by atomic mass is 10.1. The van der Waals surface area contributed by atoms with Gasteiger partial charge >= 0.3 is 0 Å². The van der Waals surface area contributed by atoms with Crippen molar-refractivity contribution >= 4 is 17.4 Å². The van der Waals surface area contributed by atoms with Crippen LogP contribution in [-0.4, -0.2) is 9.38 Å². The van der Waals surface area contributed by atoms with Crippen molar-refractivity contribution in [1.82, 2.24) is 9.38 Å². The van der Waals surface area contributed by atoms with Gasteiger partial charge in [-0.1, -0.05) is 24.3 Å². The topological polar surface area (TPSA) is 17.3 Å². The third-order valence-corrected chi connectivity index (χ3v) is 4.53. The molecular weight excluding hydrogens is 240 g/mol. The number of aromatic nitrogens is 2. The van der Waals surface area contributed by atoms with E-state index in [4.69, 9.17) is 4.98 Å². The van der Waals surface area contributed by atoms with Gasteiger partial charge in [0.2, 0.25) is 0 Å². The maximum absolute atomic E-state index is 4.81. The standard InChI is InChI=1S/C15H12N2S/c1-10-5-4-8-14-16-15-11-6-2-3-7-13(11)18-9-12(15)17(10)14/h2-8H,9H2,1H3. The van der Waals surface area contributed by atoms with Crippen molar-refractivity contribution in [3.05, 3.63) is 53.9 Å². The number of benzene rings is 1. The summed E-state index contributed by atoms with van der Waals surface area (Å²) >= 11 is 1.90. The molecule has 4 rings (SSSR count). The molecule has 0 atom stereocenters. The van der Waals surface area contributed by atoms with Gasteiger partial charge < -0.3 is 0 Å². The van der Waals surface area contributed by atoms with Crippen LogP contribution in [0.2, 0.25) is 0 Å². The van der Waals surface area contributed by atoms with E-state index in [-0.39, 0.29) is 0 Å². The molecule has 1 aromatic carbocycles. The van der Waals surface area contributed by atoms with Crippen LogP contribution in [0.1, 0.15) is 11.4 Å². The Morgan fingerprint density at radius 1 is 1.11 bits per heavy atom. The van der Waals surface area contributed by atoms with Crippen molar-refractivity contribution in [2.24, 2.45) is 0 Å². The lowest BCUT2D eigenvalue weighted by molar-refractivity contribution is 1.03. The first kappa shape index (κ1) is 10.2. The Bertz CT molecular complexity index is 758. The number of rotatable bonds is 0. The fraction of sp³-hybridized carbons (Fsp3) is 0.133. The van der Waals surface area contributed by atoms with E-state index in [1.807, 2.05) is 11.8 Å². The fourth-order valence-corrected chi connectivity index (χ4v) is 3.66. The normalized spacial score (nSPS) is 13.4. The zero-order valence-corrected chi connectivity index (χ0v) is 10.9. The molecule has 0 aliphatic carbocycles. The number of nitrogens with zero attached hydrogens (tertiary/aromatic N) is 2. The molecule has 0 radical (unpaired) electrons. The fourth-order valence-electron chi connectivity index (χ4n) is 2.61. The molecule has 3 heteroatoms. The number of thioether (sulfide) groups is 1. The minimum absolute atomic E-state index is 0.998. The van der Waals surface area contributed by atoms with E-state index in [2.05, 4.69) is 53.8 Å². The quantitative estimate of drug-likeness (QED) is 0.603. The van der Waals surface area contributed by atoms with Gasteiger partial charge in [0.05, 0.1) is 11.4 Å². The number of aryl methyl sites for hydroxylation is 1. The highest BCUT2D eigenvalue weighted by atomic mass is 32.2. The molecule has 0 bridgehead atoms. The summed E-state index contributed by atoms with van der Waals surface area (Å²) in [5.41, 5.74) is 6.05. The van der Waals surface area contributed by atoms with Crippen LogP contribution in [0.25, 0.3) is 16.9 Å². The first-order valence-electron chi connectivity index (χ1n) is 6.04. The predicted octanol–water partition coefficient (Wildman–Crippen LogP) is 3.92. The SMILES string of the molecule is Cc1cccc2nc3c(n12)CSc1ccccc1-3. The van der Waals surface area contributed by atoms with Gasteiger partial charge in [-0.05, 0) is 25.1 Å². The van der Waals surface area contributed by atoms with Crippen molar-refractivity contribution in [3.8, 4) is 11.3 Å². The highest BCUT2D eigenvalue weighted by Gasteiger charge is 2.21. The molecule has 0 saturated carbocycles. The number of hydrogen-bond donors (Lipinski definition) is 0. The van der Waals surface area contributed by atoms with Crippen LogP contribution < -0.4 is 0 Å². The molecular formula is C15H12N2S. The second-order valence-electron chi connectivity index (χ2n) is 4.55. The average Bonchev–Trinajstić information content (AvgIpc) is 2.79. The molecule has 0 N–H and O–H groups in total. The molecule has 1 aliphatic heterocycles. The number of imidazole rings is 1. The zero-order chi connectivity index (χ0) is 12.1. The molecule has 2 nitrogen and oxygen atoms in total. The Labute approximate surface area is 110 Å². The lowest BCUT2D eigenvalue weighted by Crippen LogP contribution is -2.00. The van der Waals surface area contributed by atoms with Gasteiger partial charge in [0.25, 0.3) is 0 Å². The summed E-state index contributed by atoms with van der Waals surface area (Å²) in [6, 6.07) is 14.8. The minimum atomic E-state index is 0.998. The van der Waals surface area contributed by atoms with Crippen molar-refractivity contribution in [2.45, 2.75) is 17.6 Å². The summed E-state index contributed by atoms with van der Waals surface area (Å²) in [5, 5.41) is 0. The van der Waals surface area contributed by atoms with E-state index in [1.54, 1.807) is 0 Å². The Balaban J connectivity index is 2.12. The predicted molar refractivity (Wildman–Crippen MR) is 74.9 cm³/mol. The molecule has 2 aromatic heterocycles. The summed E-state index contributed by atoms with van der Waals surface area (Å²) in [4.78, 5) is 6.14. The molecule has 0 saturated heterocycles. The highest BCUT2D eigenvalue weighted by Crippen LogP contribution is 2.41. The summed E-state index contributed by atoms with van der Waals surface area (Å²) in [6.07, 6.45) is 0. The monoisotopic (exact) mass is 252 g/mol. The Kier molecular flexibility index (Phi) is 2.06. The van der Waals surface area contributed by atoms with Gasteiger partial charge in [0, 0.05) is 21.9 Å². The van der Waals surface area contributed by atoms with Gasteiger partial charge in [-0.2, -0.15) is 0 Å². The first-order valence-corrected chi connectivity index (χ1v) is 7.02. The summed E-state index contributed by atoms with van der Waals surface area (Å²) in [6.45, 7) is 2.14. The van der Waals surface area contributed by atoms with Crippen molar-refractivity contribution in [2.75, 3.05) is 0 Å². The van der Waals surface area contributed by atoms with Crippen LogP contribution in [0.15, 0.2) is 47.4 Å². The second-order valence-corrected chi connectivity index (χ2v) is 5.57. The van der Waals surface area contributed by atoms with Gasteiger partial charge in [-0.3, -0.25) is 4.40 Å². The van der Waals surface area contributed by atoms with E-state index in [0.29, 0.717) is 0 Å². The van der Waals surface area contributed by atoms with Crippen molar-refractivity contribution in [3.63, 3.8) is 0 Å². The highest BCUT2D eigenvalue weighted by molar-refractivity contribution is 7.98. The largest absolute Gasteiger partial charge is 0.300 e. The van der Waals surface area contributed by atoms with E-state index >= 15 is 0 Å². The third kappa shape index (κ3) is 1.28. The van der Waals surface area contributed by atoms with Gasteiger partial charge in [-0.15, -0.1) is 11.8 Å². The van der Waals surface area contributed by atoms with Gasteiger partial charge in [-0.25, -0.2) is 4.98 Å². The first-order chi connectivity index (χ1) is 8.84. The molecule has 3 aromatic rings. The third-order valence-electron chi connectivity index (χ3n) is 3.44. The Hall–Kier alpha value is -1.74. The van der Waals surface area contributed by atoms with E-state index in [1.165, 1.54) is 21.8 Å². The smallest absolute Gasteiger partial charge is 0.137 e. The zero-order valence-electron chi connectivity index (χ0n) is 10.1. The van der Waals surface area contributed by atoms with Crippen LogP contribution >= 0.6 is 11.8 Å². The summed E-state index contributed by atoms with van der Waals surface area (Å²) < 4.78 is 2.28. The molecule has 0 unspecified atom stereocenters. The van der Waals surface area contributed by atoms with Crippen LogP contribution in [-0.2, 0) is 5.75 Å². The van der Waals surface area contributed by atoms with Crippen LogP contribution in [0.5, 0.6) is 0 Å². The van der Waals surface area contributed by atoms with Crippen molar-refractivity contribution in [1.29, 1.82) is 0 Å². The summed E-state index contributed by atoms with van der Waals surface area (Å²) in [7, 11) is 0. The van der Waals surface area contributed by atoms with E-state index in [9.17, 15) is 0 Å². The second kappa shape index (κ2) is 3.62. The molecule has 0 amide bonds. The molecule has 0 fully saturated rings. The molecule has 1 aliphatic rings. The number of pyridine rings is 1. The summed E-state index contributed by atoms with van der Waals surface area (Å²) in [5.74, 6) is 0.998. The molecule has 3 heterocycles. The van der Waals surface area contributed by atoms with Crippen molar-refractivity contribution < 1.29 is 0 Å². The van der Waals surface area contributed by atoms with E-state index < -0.39 is 0 Å². The van der Waals surface area contributed by atoms with Crippen LogP contribution in [0.3, 0.4) is 0 Å². The minimum Gasteiger partial charge on any atom is -0.300 e. The number of fused-ring (bicyclic) bond motifs is 5. The lowest BCUT2D eigenvalue weighted by Gasteiger charge is -2.15. The van der Waals surface area contributed by atoms with E-state index in [0.717, 1.165) is 17.1 Å². The molecule has 0 spiro atoms.